The fraction of sp³-hybridized carbons (Fsp3) is 0.538. The summed E-state index contributed by atoms with van der Waals surface area (Å²) in [6.07, 6.45) is 7.89. The van der Waals surface area contributed by atoms with Crippen molar-refractivity contribution in [2.24, 2.45) is 0 Å². The zero-order valence-corrected chi connectivity index (χ0v) is 20.9. The molecule has 3 aromatic rings. The number of rotatable bonds is 6. The minimum atomic E-state index is 0.0939. The monoisotopic (exact) mass is 490 g/mol. The third-order valence-corrected chi connectivity index (χ3v) is 7.26. The highest BCUT2D eigenvalue weighted by atomic mass is 16.5. The van der Waals surface area contributed by atoms with Gasteiger partial charge in [-0.05, 0) is 38.1 Å². The summed E-state index contributed by atoms with van der Waals surface area (Å²) >= 11 is 0. The number of pyridine rings is 2. The molecule has 36 heavy (non-hydrogen) atoms. The number of nitrogens with one attached hydrogen (secondary N) is 1. The molecule has 190 valence electrons. The Labute approximate surface area is 211 Å². The van der Waals surface area contributed by atoms with Crippen molar-refractivity contribution in [3.8, 4) is 6.01 Å². The number of anilines is 4. The van der Waals surface area contributed by atoms with Gasteiger partial charge >= 0.3 is 6.01 Å². The molecular formula is C26H34N8O2. The SMILES string of the molecule is CN1CCN(c2ccc(Nc3cc4c(N5CCCC5)nc(OC5CCOCC5)nc4cn3)nc2)CC1. The topological polar surface area (TPSA) is 91.8 Å². The summed E-state index contributed by atoms with van der Waals surface area (Å²) in [7, 11) is 2.17. The summed E-state index contributed by atoms with van der Waals surface area (Å²) in [4.78, 5) is 25.9. The molecule has 0 bridgehead atoms. The molecule has 10 heteroatoms. The van der Waals surface area contributed by atoms with E-state index >= 15 is 0 Å². The molecule has 0 aromatic carbocycles. The molecule has 3 aliphatic rings. The van der Waals surface area contributed by atoms with Gasteiger partial charge in [0.2, 0.25) is 0 Å². The highest BCUT2D eigenvalue weighted by Crippen LogP contribution is 2.31. The normalized spacial score (nSPS) is 19.7. The first-order chi connectivity index (χ1) is 17.7. The molecule has 3 fully saturated rings. The number of piperazine rings is 1. The molecule has 1 N–H and O–H groups in total. The average Bonchev–Trinajstić information content (AvgIpc) is 3.45. The predicted octanol–water partition coefficient (Wildman–Crippen LogP) is 3.07. The lowest BCUT2D eigenvalue weighted by atomic mass is 10.2. The second kappa shape index (κ2) is 10.4. The number of likely N-dealkylation sites (N-methyl/N-ethyl adjacent to an activating group) is 1. The van der Waals surface area contributed by atoms with Gasteiger partial charge in [0.05, 0.1) is 36.8 Å². The van der Waals surface area contributed by atoms with Crippen LogP contribution in [0.2, 0.25) is 0 Å². The predicted molar refractivity (Wildman–Crippen MR) is 140 cm³/mol. The molecule has 0 saturated carbocycles. The van der Waals surface area contributed by atoms with Crippen molar-refractivity contribution in [3.63, 3.8) is 0 Å². The molecule has 10 nitrogen and oxygen atoms in total. The van der Waals surface area contributed by atoms with Crippen molar-refractivity contribution in [1.29, 1.82) is 0 Å². The minimum absolute atomic E-state index is 0.0939. The van der Waals surface area contributed by atoms with Gasteiger partial charge in [0.25, 0.3) is 0 Å². The Balaban J connectivity index is 1.23. The van der Waals surface area contributed by atoms with Crippen molar-refractivity contribution in [1.82, 2.24) is 24.8 Å². The van der Waals surface area contributed by atoms with Gasteiger partial charge in [-0.1, -0.05) is 0 Å². The Morgan fingerprint density at radius 2 is 1.67 bits per heavy atom. The van der Waals surface area contributed by atoms with Crippen LogP contribution in [-0.2, 0) is 4.74 Å². The quantitative estimate of drug-likeness (QED) is 0.556. The minimum Gasteiger partial charge on any atom is -0.460 e. The average molecular weight is 491 g/mol. The summed E-state index contributed by atoms with van der Waals surface area (Å²) in [5.41, 5.74) is 1.94. The summed E-state index contributed by atoms with van der Waals surface area (Å²) in [5.74, 6) is 2.41. The van der Waals surface area contributed by atoms with E-state index in [1.807, 2.05) is 18.3 Å². The molecule has 3 saturated heterocycles. The number of hydrogen-bond donors (Lipinski definition) is 1. The van der Waals surface area contributed by atoms with Gasteiger partial charge in [-0.2, -0.15) is 9.97 Å². The van der Waals surface area contributed by atoms with Crippen LogP contribution < -0.4 is 19.9 Å². The van der Waals surface area contributed by atoms with Crippen molar-refractivity contribution in [2.75, 3.05) is 74.6 Å². The maximum absolute atomic E-state index is 6.17. The summed E-state index contributed by atoms with van der Waals surface area (Å²) in [5, 5.41) is 4.34. The van der Waals surface area contributed by atoms with Crippen molar-refractivity contribution >= 4 is 34.0 Å². The third-order valence-electron chi connectivity index (χ3n) is 7.26. The van der Waals surface area contributed by atoms with Crippen molar-refractivity contribution in [2.45, 2.75) is 31.8 Å². The second-order valence-electron chi connectivity index (χ2n) is 9.86. The molecule has 3 aromatic heterocycles. The molecular weight excluding hydrogens is 456 g/mol. The number of nitrogens with zero attached hydrogens (tertiary/aromatic N) is 7. The van der Waals surface area contributed by atoms with E-state index in [1.54, 1.807) is 6.20 Å². The van der Waals surface area contributed by atoms with Crippen LogP contribution in [0.15, 0.2) is 30.6 Å². The van der Waals surface area contributed by atoms with Crippen LogP contribution in [0, 0.1) is 0 Å². The number of ether oxygens (including phenoxy) is 2. The molecule has 6 heterocycles. The van der Waals surface area contributed by atoms with Crippen LogP contribution in [0.25, 0.3) is 10.9 Å². The Morgan fingerprint density at radius 1 is 0.889 bits per heavy atom. The van der Waals surface area contributed by atoms with Crippen LogP contribution in [0.3, 0.4) is 0 Å². The van der Waals surface area contributed by atoms with Gasteiger partial charge in [0.1, 0.15) is 23.6 Å². The first-order valence-electron chi connectivity index (χ1n) is 13.0. The standard InChI is InChI=1S/C26H34N8O2/c1-32-10-12-33(13-11-32)19-4-5-23(27-17-19)30-24-16-21-22(18-28-24)29-26(36-20-6-14-35-15-7-20)31-25(21)34-8-2-3-9-34/h4-5,16-18,20H,2-3,6-15H2,1H3,(H,27,28,30). The van der Waals surface area contributed by atoms with E-state index in [0.29, 0.717) is 6.01 Å². The number of hydrogen-bond acceptors (Lipinski definition) is 10. The lowest BCUT2D eigenvalue weighted by molar-refractivity contribution is 0.0219. The largest absolute Gasteiger partial charge is 0.460 e. The zero-order valence-electron chi connectivity index (χ0n) is 20.9. The molecule has 0 aliphatic carbocycles. The van der Waals surface area contributed by atoms with Crippen LogP contribution in [0.5, 0.6) is 6.01 Å². The zero-order chi connectivity index (χ0) is 24.3. The molecule has 0 radical (unpaired) electrons. The number of fused-ring (bicyclic) bond motifs is 1. The highest BCUT2D eigenvalue weighted by Gasteiger charge is 2.22. The first-order valence-corrected chi connectivity index (χ1v) is 13.0. The molecule has 0 atom stereocenters. The van der Waals surface area contributed by atoms with Gasteiger partial charge in [-0.15, -0.1) is 0 Å². The van der Waals surface area contributed by atoms with Crippen LogP contribution >= 0.6 is 0 Å². The van der Waals surface area contributed by atoms with Gasteiger partial charge < -0.3 is 29.5 Å². The van der Waals surface area contributed by atoms with Crippen molar-refractivity contribution in [3.05, 3.63) is 30.6 Å². The maximum Gasteiger partial charge on any atom is 0.319 e. The van der Waals surface area contributed by atoms with Gasteiger partial charge in [0.15, 0.2) is 0 Å². The fourth-order valence-electron chi connectivity index (χ4n) is 5.07. The molecule has 3 aliphatic heterocycles. The summed E-state index contributed by atoms with van der Waals surface area (Å²) in [6, 6.07) is 6.60. The highest BCUT2D eigenvalue weighted by molar-refractivity contribution is 5.91. The van der Waals surface area contributed by atoms with E-state index in [9.17, 15) is 0 Å². The Bertz CT molecular complexity index is 1170. The summed E-state index contributed by atoms with van der Waals surface area (Å²) in [6.45, 7) is 7.62. The first kappa shape index (κ1) is 23.2. The Hall–Kier alpha value is -3.24. The smallest absolute Gasteiger partial charge is 0.319 e. The van der Waals surface area contributed by atoms with Crippen LogP contribution in [0.4, 0.5) is 23.1 Å². The van der Waals surface area contributed by atoms with Crippen LogP contribution in [0.1, 0.15) is 25.7 Å². The van der Waals surface area contributed by atoms with E-state index in [4.69, 9.17) is 19.4 Å². The van der Waals surface area contributed by atoms with E-state index in [1.165, 1.54) is 12.8 Å². The summed E-state index contributed by atoms with van der Waals surface area (Å²) < 4.78 is 11.6. The number of aromatic nitrogens is 4. The molecule has 0 amide bonds. The maximum atomic E-state index is 6.17. The molecule has 0 unspecified atom stereocenters. The third kappa shape index (κ3) is 5.15. The fourth-order valence-corrected chi connectivity index (χ4v) is 5.07. The van der Waals surface area contributed by atoms with Gasteiger partial charge in [-0.25, -0.2) is 9.97 Å². The van der Waals surface area contributed by atoms with Gasteiger partial charge in [-0.3, -0.25) is 0 Å². The van der Waals surface area contributed by atoms with E-state index in [-0.39, 0.29) is 6.10 Å². The Morgan fingerprint density at radius 3 is 2.42 bits per heavy atom. The van der Waals surface area contributed by atoms with E-state index in [2.05, 4.69) is 43.1 Å². The molecule has 0 spiro atoms. The van der Waals surface area contributed by atoms with E-state index < -0.39 is 0 Å². The van der Waals surface area contributed by atoms with Crippen molar-refractivity contribution < 1.29 is 9.47 Å². The molecule has 6 rings (SSSR count). The lowest BCUT2D eigenvalue weighted by Crippen LogP contribution is -2.44. The van der Waals surface area contributed by atoms with E-state index in [0.717, 1.165) is 99.4 Å². The lowest BCUT2D eigenvalue weighted by Gasteiger charge is -2.33. The van der Waals surface area contributed by atoms with Gasteiger partial charge in [0, 0.05) is 57.5 Å². The van der Waals surface area contributed by atoms with Crippen LogP contribution in [-0.4, -0.2) is 90.5 Å². The second-order valence-corrected chi connectivity index (χ2v) is 9.86. The Kier molecular flexibility index (Phi) is 6.69.